The van der Waals surface area contributed by atoms with E-state index in [0.717, 1.165) is 16.3 Å². The van der Waals surface area contributed by atoms with Crippen LogP contribution in [0.3, 0.4) is 0 Å². The van der Waals surface area contributed by atoms with E-state index in [-0.39, 0.29) is 6.42 Å². The molecular formula is C23H23NO5. The summed E-state index contributed by atoms with van der Waals surface area (Å²) in [7, 11) is 3.05. The number of fused-ring (bicyclic) bond motifs is 1. The lowest BCUT2D eigenvalue weighted by atomic mass is 10.0. The fraction of sp³-hybridized carbons (Fsp3) is 0.217. The first-order chi connectivity index (χ1) is 14.0. The maximum atomic E-state index is 12.4. The molecule has 6 heteroatoms. The van der Waals surface area contributed by atoms with Crippen molar-refractivity contribution in [3.05, 3.63) is 66.2 Å². The number of ether oxygens (including phenoxy) is 3. The highest BCUT2D eigenvalue weighted by molar-refractivity contribution is 5.96. The molecular weight excluding hydrogens is 370 g/mol. The van der Waals surface area contributed by atoms with E-state index in [0.29, 0.717) is 17.2 Å². The Morgan fingerprint density at radius 3 is 2.41 bits per heavy atom. The zero-order chi connectivity index (χ0) is 20.8. The standard InChI is InChI=1S/C23H23NO5/c1-15(23(26)24-18-11-12-20(27-2)21(14-18)28-3)29-22(25)13-17-9-6-8-16-7-4-5-10-19(16)17/h4-12,14-15H,13H2,1-3H3,(H,24,26). The molecule has 1 unspecified atom stereocenters. The lowest BCUT2D eigenvalue weighted by Crippen LogP contribution is -2.30. The molecule has 0 aliphatic carbocycles. The van der Waals surface area contributed by atoms with Gasteiger partial charge in [0.15, 0.2) is 17.6 Å². The van der Waals surface area contributed by atoms with Crippen LogP contribution in [0.15, 0.2) is 60.7 Å². The van der Waals surface area contributed by atoms with Crippen LogP contribution in [0.5, 0.6) is 11.5 Å². The maximum Gasteiger partial charge on any atom is 0.311 e. The summed E-state index contributed by atoms with van der Waals surface area (Å²) < 4.78 is 15.7. The fourth-order valence-corrected chi connectivity index (χ4v) is 3.05. The van der Waals surface area contributed by atoms with E-state index in [1.807, 2.05) is 42.5 Å². The normalized spacial score (nSPS) is 11.6. The number of amides is 1. The SMILES string of the molecule is COc1ccc(NC(=O)C(C)OC(=O)Cc2cccc3ccccc23)cc1OC. The number of methoxy groups -OCH3 is 2. The molecule has 29 heavy (non-hydrogen) atoms. The quantitative estimate of drug-likeness (QED) is 0.615. The third-order valence-corrected chi connectivity index (χ3v) is 4.54. The van der Waals surface area contributed by atoms with Gasteiger partial charge in [-0.3, -0.25) is 9.59 Å². The summed E-state index contributed by atoms with van der Waals surface area (Å²) >= 11 is 0. The minimum absolute atomic E-state index is 0.0926. The first-order valence-electron chi connectivity index (χ1n) is 9.21. The van der Waals surface area contributed by atoms with Crippen molar-refractivity contribution in [1.29, 1.82) is 0 Å². The van der Waals surface area contributed by atoms with Crippen LogP contribution in [-0.4, -0.2) is 32.2 Å². The molecule has 150 valence electrons. The number of rotatable bonds is 7. The maximum absolute atomic E-state index is 12.4. The van der Waals surface area contributed by atoms with Gasteiger partial charge in [-0.1, -0.05) is 42.5 Å². The number of carbonyl (C=O) groups is 2. The molecule has 6 nitrogen and oxygen atoms in total. The topological polar surface area (TPSA) is 73.9 Å². The number of benzene rings is 3. The van der Waals surface area contributed by atoms with Gasteiger partial charge in [0.1, 0.15) is 0 Å². The minimum atomic E-state index is -0.939. The van der Waals surface area contributed by atoms with E-state index < -0.39 is 18.0 Å². The number of hydrogen-bond acceptors (Lipinski definition) is 5. The van der Waals surface area contributed by atoms with Crippen molar-refractivity contribution in [2.45, 2.75) is 19.4 Å². The van der Waals surface area contributed by atoms with Crippen LogP contribution in [-0.2, 0) is 20.7 Å². The summed E-state index contributed by atoms with van der Waals surface area (Å²) in [4.78, 5) is 24.8. The van der Waals surface area contributed by atoms with Gasteiger partial charge in [-0.15, -0.1) is 0 Å². The highest BCUT2D eigenvalue weighted by Crippen LogP contribution is 2.29. The van der Waals surface area contributed by atoms with Crippen molar-refractivity contribution in [3.63, 3.8) is 0 Å². The molecule has 0 saturated heterocycles. The smallest absolute Gasteiger partial charge is 0.311 e. The van der Waals surface area contributed by atoms with E-state index in [2.05, 4.69) is 5.32 Å². The summed E-state index contributed by atoms with van der Waals surface area (Å²) in [6, 6.07) is 18.6. The Balaban J connectivity index is 1.62. The third kappa shape index (κ3) is 4.85. The zero-order valence-corrected chi connectivity index (χ0v) is 16.6. The Morgan fingerprint density at radius 2 is 1.66 bits per heavy atom. The fourth-order valence-electron chi connectivity index (χ4n) is 3.05. The number of anilines is 1. The van der Waals surface area contributed by atoms with Crippen LogP contribution in [0.1, 0.15) is 12.5 Å². The average Bonchev–Trinajstić information content (AvgIpc) is 2.73. The van der Waals surface area contributed by atoms with Gasteiger partial charge in [-0.2, -0.15) is 0 Å². The van der Waals surface area contributed by atoms with Crippen molar-refractivity contribution in [2.24, 2.45) is 0 Å². The van der Waals surface area contributed by atoms with Crippen molar-refractivity contribution in [2.75, 3.05) is 19.5 Å². The molecule has 0 aromatic heterocycles. The van der Waals surface area contributed by atoms with Crippen molar-refractivity contribution < 1.29 is 23.8 Å². The molecule has 0 aliphatic heterocycles. The summed E-state index contributed by atoms with van der Waals surface area (Å²) in [5.74, 6) is 0.158. The van der Waals surface area contributed by atoms with E-state index in [4.69, 9.17) is 14.2 Å². The molecule has 3 aromatic rings. The molecule has 0 radical (unpaired) electrons. The van der Waals surface area contributed by atoms with Gasteiger partial charge in [-0.05, 0) is 35.4 Å². The summed E-state index contributed by atoms with van der Waals surface area (Å²) in [6.07, 6.45) is -0.847. The molecule has 0 fully saturated rings. The number of carbonyl (C=O) groups excluding carboxylic acids is 2. The van der Waals surface area contributed by atoms with Crippen LogP contribution in [0.2, 0.25) is 0 Å². The molecule has 3 rings (SSSR count). The average molecular weight is 393 g/mol. The lowest BCUT2D eigenvalue weighted by molar-refractivity contribution is -0.152. The molecule has 1 amide bonds. The Kier molecular flexibility index (Phi) is 6.34. The third-order valence-electron chi connectivity index (χ3n) is 4.54. The van der Waals surface area contributed by atoms with Gasteiger partial charge in [0.25, 0.3) is 5.91 Å². The molecule has 1 N–H and O–H groups in total. The molecule has 0 saturated carbocycles. The largest absolute Gasteiger partial charge is 0.493 e. The van der Waals surface area contributed by atoms with Crippen LogP contribution >= 0.6 is 0 Å². The lowest BCUT2D eigenvalue weighted by Gasteiger charge is -2.15. The van der Waals surface area contributed by atoms with Gasteiger partial charge in [-0.25, -0.2) is 0 Å². The Bertz CT molecular complexity index is 1030. The number of nitrogens with one attached hydrogen (secondary N) is 1. The van der Waals surface area contributed by atoms with Crippen molar-refractivity contribution >= 4 is 28.3 Å². The Hall–Kier alpha value is -3.54. The van der Waals surface area contributed by atoms with E-state index >= 15 is 0 Å². The predicted octanol–water partition coefficient (Wildman–Crippen LogP) is 3.97. The van der Waals surface area contributed by atoms with E-state index in [1.165, 1.54) is 21.1 Å². The number of hydrogen-bond donors (Lipinski definition) is 1. The summed E-state index contributed by atoms with van der Waals surface area (Å²) in [5, 5.41) is 4.76. The highest BCUT2D eigenvalue weighted by Gasteiger charge is 2.19. The van der Waals surface area contributed by atoms with Crippen molar-refractivity contribution in [1.82, 2.24) is 0 Å². The highest BCUT2D eigenvalue weighted by atomic mass is 16.5. The number of esters is 1. The molecule has 3 aromatic carbocycles. The molecule has 0 spiro atoms. The second-order valence-electron chi connectivity index (χ2n) is 6.51. The summed E-state index contributed by atoms with van der Waals surface area (Å²) in [6.45, 7) is 1.54. The van der Waals surface area contributed by atoms with E-state index in [9.17, 15) is 9.59 Å². The molecule has 0 heterocycles. The molecule has 1 atom stereocenters. The molecule has 0 bridgehead atoms. The van der Waals surface area contributed by atoms with Crippen LogP contribution in [0.25, 0.3) is 10.8 Å². The van der Waals surface area contributed by atoms with Gasteiger partial charge >= 0.3 is 5.97 Å². The van der Waals surface area contributed by atoms with Gasteiger partial charge in [0.2, 0.25) is 0 Å². The first kappa shape index (κ1) is 20.2. The van der Waals surface area contributed by atoms with Crippen molar-refractivity contribution in [3.8, 4) is 11.5 Å². The second-order valence-corrected chi connectivity index (χ2v) is 6.51. The predicted molar refractivity (Wildman–Crippen MR) is 111 cm³/mol. The van der Waals surface area contributed by atoms with Crippen LogP contribution < -0.4 is 14.8 Å². The Labute approximate surface area is 169 Å². The summed E-state index contributed by atoms with van der Waals surface area (Å²) in [5.41, 5.74) is 1.38. The molecule has 0 aliphatic rings. The zero-order valence-electron chi connectivity index (χ0n) is 16.6. The van der Waals surface area contributed by atoms with Gasteiger partial charge in [0, 0.05) is 11.8 Å². The van der Waals surface area contributed by atoms with Gasteiger partial charge < -0.3 is 19.5 Å². The minimum Gasteiger partial charge on any atom is -0.493 e. The Morgan fingerprint density at radius 1 is 0.931 bits per heavy atom. The van der Waals surface area contributed by atoms with E-state index in [1.54, 1.807) is 18.2 Å². The van der Waals surface area contributed by atoms with Crippen LogP contribution in [0.4, 0.5) is 5.69 Å². The van der Waals surface area contributed by atoms with Gasteiger partial charge in [0.05, 0.1) is 20.6 Å². The van der Waals surface area contributed by atoms with Crippen LogP contribution in [0, 0.1) is 0 Å². The first-order valence-corrected chi connectivity index (χ1v) is 9.21. The second kappa shape index (κ2) is 9.10. The monoisotopic (exact) mass is 393 g/mol.